The first-order valence-electron chi connectivity index (χ1n) is 11.0. The Hall–Kier alpha value is -3.26. The fourth-order valence-electron chi connectivity index (χ4n) is 4.50. The highest BCUT2D eigenvalue weighted by atomic mass is 16.5. The minimum Gasteiger partial charge on any atom is -0.508 e. The van der Waals surface area contributed by atoms with E-state index in [0.29, 0.717) is 11.3 Å². The zero-order chi connectivity index (χ0) is 24.4. The molecular formula is C25H31NO7. The van der Waals surface area contributed by atoms with Crippen LogP contribution in [0, 0.1) is 23.7 Å². The number of phenols is 3. The van der Waals surface area contributed by atoms with Crippen molar-refractivity contribution in [3.05, 3.63) is 48.0 Å². The average Bonchev–Trinajstić information content (AvgIpc) is 2.77. The molecule has 8 nitrogen and oxygen atoms in total. The lowest BCUT2D eigenvalue weighted by atomic mass is 9.76. The number of hydrogen-bond donors (Lipinski definition) is 5. The average molecular weight is 458 g/mol. The lowest BCUT2D eigenvalue weighted by Gasteiger charge is -2.39. The number of aromatic hydroxyl groups is 3. The molecule has 2 aromatic carbocycles. The van der Waals surface area contributed by atoms with Crippen molar-refractivity contribution in [2.24, 2.45) is 23.7 Å². The molecule has 0 radical (unpaired) electrons. The number of aliphatic hydroxyl groups excluding tert-OH is 1. The van der Waals surface area contributed by atoms with Gasteiger partial charge in [0, 0.05) is 35.4 Å². The third-order valence-electron chi connectivity index (χ3n) is 6.60. The molecule has 178 valence electrons. The molecule has 1 aliphatic rings. The van der Waals surface area contributed by atoms with Gasteiger partial charge in [-0.1, -0.05) is 32.9 Å². The third kappa shape index (κ3) is 5.06. The standard InChI is InChI=1S/C25H31NO7/c1-12-21(26-19-7-5-6-8-20(19)29)13(2)24(16-9-17(27)11-18(28)10-16)33-25(32)15(4)23(31)14(3)22(12)30/h5-15,21,23-24,26-29,31H,1-4H3/t12-,13-,14?,15-,21+,23+,24?/m1/s1. The molecule has 0 aliphatic carbocycles. The number of carbonyl (C=O) groups excluding carboxylic acids is 2. The summed E-state index contributed by atoms with van der Waals surface area (Å²) in [6, 6.07) is 9.88. The molecule has 1 aliphatic heterocycles. The van der Waals surface area contributed by atoms with E-state index < -0.39 is 47.9 Å². The summed E-state index contributed by atoms with van der Waals surface area (Å²) in [5.74, 6) is -4.30. The van der Waals surface area contributed by atoms with Crippen molar-refractivity contribution in [3.8, 4) is 17.2 Å². The molecule has 3 rings (SSSR count). The van der Waals surface area contributed by atoms with E-state index in [-0.39, 0.29) is 23.0 Å². The second kappa shape index (κ2) is 9.70. The number of hydrogen-bond acceptors (Lipinski definition) is 8. The molecular weight excluding hydrogens is 426 g/mol. The van der Waals surface area contributed by atoms with Gasteiger partial charge in [-0.3, -0.25) is 9.59 Å². The topological polar surface area (TPSA) is 136 Å². The molecule has 33 heavy (non-hydrogen) atoms. The van der Waals surface area contributed by atoms with Crippen molar-refractivity contribution in [3.63, 3.8) is 0 Å². The van der Waals surface area contributed by atoms with Crippen LogP contribution in [0.5, 0.6) is 17.2 Å². The normalized spacial score (nSPS) is 31.0. The molecule has 5 N–H and O–H groups in total. The van der Waals surface area contributed by atoms with Crippen molar-refractivity contribution in [1.29, 1.82) is 0 Å². The minimum atomic E-state index is -1.25. The summed E-state index contributed by atoms with van der Waals surface area (Å²) < 4.78 is 5.81. The number of cyclic esters (lactones) is 1. The van der Waals surface area contributed by atoms with E-state index in [1.807, 2.05) is 0 Å². The van der Waals surface area contributed by atoms with Crippen LogP contribution in [0.1, 0.15) is 39.4 Å². The summed E-state index contributed by atoms with van der Waals surface area (Å²) in [5, 5.41) is 44.2. The summed E-state index contributed by atoms with van der Waals surface area (Å²) in [5.41, 5.74) is 0.740. The smallest absolute Gasteiger partial charge is 0.311 e. The Balaban J connectivity index is 2.12. The highest BCUT2D eigenvalue weighted by Crippen LogP contribution is 2.39. The van der Waals surface area contributed by atoms with Crippen LogP contribution in [0.2, 0.25) is 0 Å². The zero-order valence-electron chi connectivity index (χ0n) is 19.1. The molecule has 1 heterocycles. The predicted octanol–water partition coefficient (Wildman–Crippen LogP) is 3.36. The Kier molecular flexibility index (Phi) is 7.17. The number of phenolic OH excluding ortho intramolecular Hbond substituents is 3. The summed E-state index contributed by atoms with van der Waals surface area (Å²) in [6.07, 6.45) is -2.21. The van der Waals surface area contributed by atoms with Gasteiger partial charge in [0.15, 0.2) is 0 Å². The molecule has 1 saturated heterocycles. The maximum absolute atomic E-state index is 13.3. The quantitative estimate of drug-likeness (QED) is 0.350. The van der Waals surface area contributed by atoms with Crippen LogP contribution in [-0.2, 0) is 14.3 Å². The second-order valence-corrected chi connectivity index (χ2v) is 8.95. The van der Waals surface area contributed by atoms with E-state index in [1.165, 1.54) is 25.1 Å². The first-order chi connectivity index (χ1) is 15.5. The highest BCUT2D eigenvalue weighted by Gasteiger charge is 2.43. The van der Waals surface area contributed by atoms with Gasteiger partial charge in [0.25, 0.3) is 0 Å². The van der Waals surface area contributed by atoms with Crippen LogP contribution in [0.15, 0.2) is 42.5 Å². The van der Waals surface area contributed by atoms with Gasteiger partial charge >= 0.3 is 5.97 Å². The molecule has 0 bridgehead atoms. The largest absolute Gasteiger partial charge is 0.508 e. The lowest BCUT2D eigenvalue weighted by molar-refractivity contribution is -0.164. The van der Waals surface area contributed by atoms with Gasteiger partial charge in [0.05, 0.1) is 17.7 Å². The van der Waals surface area contributed by atoms with Gasteiger partial charge in [-0.15, -0.1) is 0 Å². The Morgan fingerprint density at radius 3 is 2.06 bits per heavy atom. The van der Waals surface area contributed by atoms with E-state index in [9.17, 15) is 30.0 Å². The van der Waals surface area contributed by atoms with Crippen molar-refractivity contribution in [2.75, 3.05) is 5.32 Å². The summed E-state index contributed by atoms with van der Waals surface area (Å²) in [6.45, 7) is 6.60. The maximum atomic E-state index is 13.3. The van der Waals surface area contributed by atoms with E-state index in [1.54, 1.807) is 39.0 Å². The van der Waals surface area contributed by atoms with Gasteiger partial charge in [-0.05, 0) is 31.2 Å². The molecule has 0 spiro atoms. The number of rotatable bonds is 3. The number of Topliss-reactive ketones (excluding diaryl/α,β-unsaturated/α-hetero) is 1. The number of benzene rings is 2. The van der Waals surface area contributed by atoms with Crippen LogP contribution in [0.3, 0.4) is 0 Å². The molecule has 0 saturated carbocycles. The van der Waals surface area contributed by atoms with Crippen LogP contribution in [0.4, 0.5) is 5.69 Å². The lowest BCUT2D eigenvalue weighted by Crippen LogP contribution is -2.48. The Bertz CT molecular complexity index is 1000. The second-order valence-electron chi connectivity index (χ2n) is 8.95. The summed E-state index contributed by atoms with van der Waals surface area (Å²) in [4.78, 5) is 26.2. The molecule has 0 amide bonds. The van der Waals surface area contributed by atoms with Crippen LogP contribution < -0.4 is 5.32 Å². The first kappa shape index (κ1) is 24.4. The Morgan fingerprint density at radius 2 is 1.45 bits per heavy atom. The molecule has 8 heteroatoms. The number of carbonyl (C=O) groups is 2. The van der Waals surface area contributed by atoms with E-state index in [0.717, 1.165) is 6.07 Å². The molecule has 7 atom stereocenters. The third-order valence-corrected chi connectivity index (χ3v) is 6.60. The van der Waals surface area contributed by atoms with Crippen LogP contribution in [0.25, 0.3) is 0 Å². The van der Waals surface area contributed by atoms with Gasteiger partial charge in [0.2, 0.25) is 0 Å². The number of nitrogens with one attached hydrogen (secondary N) is 1. The van der Waals surface area contributed by atoms with Gasteiger partial charge in [-0.2, -0.15) is 0 Å². The highest BCUT2D eigenvalue weighted by molar-refractivity contribution is 5.86. The number of anilines is 1. The predicted molar refractivity (Wildman–Crippen MR) is 122 cm³/mol. The van der Waals surface area contributed by atoms with E-state index in [2.05, 4.69) is 5.32 Å². The number of aliphatic hydroxyl groups is 1. The molecule has 2 unspecified atom stereocenters. The monoisotopic (exact) mass is 457 g/mol. The van der Waals surface area contributed by atoms with Crippen LogP contribution in [-0.4, -0.2) is 44.3 Å². The molecule has 1 fully saturated rings. The Morgan fingerprint density at radius 1 is 0.848 bits per heavy atom. The maximum Gasteiger partial charge on any atom is 0.311 e. The van der Waals surface area contributed by atoms with Gasteiger partial charge in [0.1, 0.15) is 29.1 Å². The fraction of sp³-hybridized carbons (Fsp3) is 0.440. The fourth-order valence-corrected chi connectivity index (χ4v) is 4.50. The SMILES string of the molecule is CC1C(=O)[C@H](C)[C@H](Nc2ccccc2O)[C@@H](C)C(c2cc(O)cc(O)c2)OC(=O)[C@H](C)[C@H]1O. The van der Waals surface area contributed by atoms with Crippen molar-refractivity contribution < 1.29 is 34.8 Å². The zero-order valence-corrected chi connectivity index (χ0v) is 19.1. The number of ketones is 1. The summed E-state index contributed by atoms with van der Waals surface area (Å²) in [7, 11) is 0. The molecule has 0 aromatic heterocycles. The summed E-state index contributed by atoms with van der Waals surface area (Å²) >= 11 is 0. The molecule has 2 aromatic rings. The van der Waals surface area contributed by atoms with Crippen molar-refractivity contribution in [2.45, 2.75) is 45.9 Å². The Labute approximate surface area is 192 Å². The van der Waals surface area contributed by atoms with Crippen LogP contribution >= 0.6 is 0 Å². The van der Waals surface area contributed by atoms with Crippen molar-refractivity contribution in [1.82, 2.24) is 0 Å². The first-order valence-corrected chi connectivity index (χ1v) is 11.0. The van der Waals surface area contributed by atoms with Gasteiger partial charge < -0.3 is 30.5 Å². The van der Waals surface area contributed by atoms with Crippen molar-refractivity contribution >= 4 is 17.4 Å². The minimum absolute atomic E-state index is 0.00769. The van der Waals surface area contributed by atoms with E-state index in [4.69, 9.17) is 4.74 Å². The van der Waals surface area contributed by atoms with E-state index >= 15 is 0 Å². The van der Waals surface area contributed by atoms with Gasteiger partial charge in [-0.25, -0.2) is 0 Å². The number of ether oxygens (including phenoxy) is 1. The number of para-hydroxylation sites is 2. The number of esters is 1.